The van der Waals surface area contributed by atoms with E-state index in [1.807, 2.05) is 12.1 Å². The summed E-state index contributed by atoms with van der Waals surface area (Å²) >= 11 is 0. The van der Waals surface area contributed by atoms with Crippen LogP contribution in [0.2, 0.25) is 0 Å². The Kier molecular flexibility index (Phi) is 3.57. The van der Waals surface area contributed by atoms with Crippen molar-refractivity contribution in [2.24, 2.45) is 5.92 Å². The first-order valence-electron chi connectivity index (χ1n) is 6.23. The maximum absolute atomic E-state index is 9.55. The van der Waals surface area contributed by atoms with Gasteiger partial charge in [0.25, 0.3) is 0 Å². The van der Waals surface area contributed by atoms with E-state index in [4.69, 9.17) is 4.74 Å². The summed E-state index contributed by atoms with van der Waals surface area (Å²) in [6.07, 6.45) is 2.53. The summed E-state index contributed by atoms with van der Waals surface area (Å²) in [7, 11) is 1.57. The first-order chi connectivity index (χ1) is 8.10. The van der Waals surface area contributed by atoms with Crippen molar-refractivity contribution in [3.63, 3.8) is 0 Å². The quantitative estimate of drug-likeness (QED) is 0.843. The Bertz CT molecular complexity index is 386. The summed E-state index contributed by atoms with van der Waals surface area (Å²) in [4.78, 5) is 0. The molecule has 0 aromatic heterocycles. The number of hydrogen-bond acceptors (Lipinski definition) is 3. The molecule has 3 heteroatoms. The number of methoxy groups -OCH3 is 1. The Balaban J connectivity index is 2.01. The minimum atomic E-state index is 0.195. The second-order valence-electron chi connectivity index (χ2n) is 5.09. The van der Waals surface area contributed by atoms with Gasteiger partial charge in [0.2, 0.25) is 0 Å². The molecule has 0 saturated heterocycles. The highest BCUT2D eigenvalue weighted by Gasteiger charge is 2.26. The molecule has 0 radical (unpaired) electrons. The van der Waals surface area contributed by atoms with Crippen LogP contribution in [-0.2, 0) is 0 Å². The van der Waals surface area contributed by atoms with Crippen molar-refractivity contribution >= 4 is 0 Å². The van der Waals surface area contributed by atoms with Gasteiger partial charge in [0.15, 0.2) is 11.5 Å². The van der Waals surface area contributed by atoms with Gasteiger partial charge < -0.3 is 15.2 Å². The minimum Gasteiger partial charge on any atom is -0.504 e. The molecule has 1 fully saturated rings. The second kappa shape index (κ2) is 4.96. The van der Waals surface area contributed by atoms with Gasteiger partial charge in [-0.15, -0.1) is 0 Å². The summed E-state index contributed by atoms with van der Waals surface area (Å²) in [6.45, 7) is 4.43. The fourth-order valence-electron chi connectivity index (χ4n) is 2.45. The first-order valence-corrected chi connectivity index (χ1v) is 6.23. The van der Waals surface area contributed by atoms with Crippen LogP contribution in [0.15, 0.2) is 18.2 Å². The topological polar surface area (TPSA) is 41.5 Å². The molecule has 3 nitrogen and oxygen atoms in total. The van der Waals surface area contributed by atoms with Crippen LogP contribution in [0.3, 0.4) is 0 Å². The van der Waals surface area contributed by atoms with Gasteiger partial charge in [-0.1, -0.05) is 13.0 Å². The predicted molar refractivity (Wildman–Crippen MR) is 68.4 cm³/mol. The Hall–Kier alpha value is -1.22. The van der Waals surface area contributed by atoms with Crippen LogP contribution in [0.5, 0.6) is 11.5 Å². The van der Waals surface area contributed by atoms with Gasteiger partial charge in [-0.05, 0) is 43.4 Å². The molecule has 2 rings (SSSR count). The van der Waals surface area contributed by atoms with Crippen molar-refractivity contribution in [3.05, 3.63) is 23.8 Å². The Morgan fingerprint density at radius 3 is 2.71 bits per heavy atom. The van der Waals surface area contributed by atoms with Gasteiger partial charge in [0.05, 0.1) is 7.11 Å². The number of hydrogen-bond donors (Lipinski definition) is 2. The zero-order valence-electron chi connectivity index (χ0n) is 10.7. The van der Waals surface area contributed by atoms with Crippen LogP contribution < -0.4 is 10.1 Å². The van der Waals surface area contributed by atoms with Crippen molar-refractivity contribution in [2.75, 3.05) is 7.11 Å². The summed E-state index contributed by atoms with van der Waals surface area (Å²) in [6, 6.07) is 6.46. The second-order valence-corrected chi connectivity index (χ2v) is 5.09. The lowest BCUT2D eigenvalue weighted by Crippen LogP contribution is -2.41. The molecule has 1 unspecified atom stereocenters. The lowest BCUT2D eigenvalue weighted by atomic mass is 9.81. The van der Waals surface area contributed by atoms with E-state index in [0.717, 1.165) is 11.5 Å². The van der Waals surface area contributed by atoms with Crippen molar-refractivity contribution in [1.82, 2.24) is 5.32 Å². The van der Waals surface area contributed by atoms with Gasteiger partial charge in [-0.25, -0.2) is 0 Å². The predicted octanol–water partition coefficient (Wildman–Crippen LogP) is 2.85. The van der Waals surface area contributed by atoms with E-state index in [1.165, 1.54) is 12.8 Å². The third kappa shape index (κ3) is 2.72. The van der Waals surface area contributed by atoms with E-state index >= 15 is 0 Å². The Morgan fingerprint density at radius 2 is 2.12 bits per heavy atom. The molecule has 94 valence electrons. The van der Waals surface area contributed by atoms with E-state index in [0.29, 0.717) is 17.8 Å². The third-order valence-electron chi connectivity index (χ3n) is 3.56. The molecule has 1 aromatic carbocycles. The van der Waals surface area contributed by atoms with Gasteiger partial charge in [0.1, 0.15) is 0 Å². The van der Waals surface area contributed by atoms with Gasteiger partial charge in [-0.2, -0.15) is 0 Å². The maximum atomic E-state index is 9.55. The summed E-state index contributed by atoms with van der Waals surface area (Å²) in [5, 5.41) is 13.1. The lowest BCUT2D eigenvalue weighted by molar-refractivity contribution is 0.226. The smallest absolute Gasteiger partial charge is 0.160 e. The molecule has 0 spiro atoms. The SMILES string of the molecule is COc1cc(C(C)NC2CC(C)C2)ccc1O. The number of benzene rings is 1. The Morgan fingerprint density at radius 1 is 1.41 bits per heavy atom. The lowest BCUT2D eigenvalue weighted by Gasteiger charge is -2.35. The number of phenols is 1. The number of nitrogens with one attached hydrogen (secondary N) is 1. The molecule has 1 aliphatic carbocycles. The molecule has 0 amide bonds. The van der Waals surface area contributed by atoms with Crippen LogP contribution in [0, 0.1) is 5.92 Å². The highest BCUT2D eigenvalue weighted by molar-refractivity contribution is 5.42. The van der Waals surface area contributed by atoms with E-state index < -0.39 is 0 Å². The molecule has 1 atom stereocenters. The monoisotopic (exact) mass is 235 g/mol. The van der Waals surface area contributed by atoms with Crippen LogP contribution >= 0.6 is 0 Å². The molecule has 17 heavy (non-hydrogen) atoms. The first kappa shape index (κ1) is 12.2. The van der Waals surface area contributed by atoms with Crippen LogP contribution in [0.4, 0.5) is 0 Å². The van der Waals surface area contributed by atoms with Crippen molar-refractivity contribution in [2.45, 2.75) is 38.8 Å². The fraction of sp³-hybridized carbons (Fsp3) is 0.571. The molecule has 1 saturated carbocycles. The summed E-state index contributed by atoms with van der Waals surface area (Å²) in [5.41, 5.74) is 1.15. The van der Waals surface area contributed by atoms with Gasteiger partial charge in [0, 0.05) is 12.1 Å². The molecule has 1 aromatic rings. The minimum absolute atomic E-state index is 0.195. The molecule has 0 bridgehead atoms. The van der Waals surface area contributed by atoms with Crippen molar-refractivity contribution < 1.29 is 9.84 Å². The standard InChI is InChI=1S/C14H21NO2/c1-9-6-12(7-9)15-10(2)11-4-5-13(16)14(8-11)17-3/h4-5,8-10,12,15-16H,6-7H2,1-3H3. The highest BCUT2D eigenvalue weighted by Crippen LogP contribution is 2.31. The van der Waals surface area contributed by atoms with Crippen LogP contribution in [0.25, 0.3) is 0 Å². The normalized spacial score (nSPS) is 25.1. The molecular formula is C14H21NO2. The zero-order valence-corrected chi connectivity index (χ0v) is 10.7. The number of phenolic OH excluding ortho intramolecular Hbond substituents is 1. The largest absolute Gasteiger partial charge is 0.504 e. The fourth-order valence-corrected chi connectivity index (χ4v) is 2.45. The van der Waals surface area contributed by atoms with Crippen LogP contribution in [-0.4, -0.2) is 18.3 Å². The van der Waals surface area contributed by atoms with E-state index in [-0.39, 0.29) is 5.75 Å². The average molecular weight is 235 g/mol. The summed E-state index contributed by atoms with van der Waals surface area (Å²) in [5.74, 6) is 1.59. The van der Waals surface area contributed by atoms with E-state index in [1.54, 1.807) is 13.2 Å². The average Bonchev–Trinajstić information content (AvgIpc) is 2.27. The molecule has 2 N–H and O–H groups in total. The number of ether oxygens (including phenoxy) is 1. The molecular weight excluding hydrogens is 214 g/mol. The Labute approximate surface area is 103 Å². The number of aromatic hydroxyl groups is 1. The van der Waals surface area contributed by atoms with Crippen molar-refractivity contribution in [3.8, 4) is 11.5 Å². The molecule has 1 aliphatic rings. The van der Waals surface area contributed by atoms with Crippen molar-refractivity contribution in [1.29, 1.82) is 0 Å². The molecule has 0 heterocycles. The highest BCUT2D eigenvalue weighted by atomic mass is 16.5. The van der Waals surface area contributed by atoms with E-state index in [9.17, 15) is 5.11 Å². The summed E-state index contributed by atoms with van der Waals surface area (Å²) < 4.78 is 5.12. The van der Waals surface area contributed by atoms with Crippen LogP contribution in [0.1, 0.15) is 38.3 Å². The van der Waals surface area contributed by atoms with Gasteiger partial charge in [-0.3, -0.25) is 0 Å². The van der Waals surface area contributed by atoms with Gasteiger partial charge >= 0.3 is 0 Å². The van der Waals surface area contributed by atoms with E-state index in [2.05, 4.69) is 19.2 Å². The third-order valence-corrected chi connectivity index (χ3v) is 3.56. The molecule has 0 aliphatic heterocycles. The number of rotatable bonds is 4. The zero-order chi connectivity index (χ0) is 12.4. The maximum Gasteiger partial charge on any atom is 0.160 e.